The van der Waals surface area contributed by atoms with E-state index in [4.69, 9.17) is 0 Å². The van der Waals surface area contributed by atoms with Gasteiger partial charge >= 0.3 is 43.2 Å². The van der Waals surface area contributed by atoms with Crippen molar-refractivity contribution in [1.29, 1.82) is 0 Å². The molecule has 0 aromatic carbocycles. The van der Waals surface area contributed by atoms with Crippen LogP contribution in [0.3, 0.4) is 0 Å². The van der Waals surface area contributed by atoms with Gasteiger partial charge in [0.05, 0.1) is 0 Å². The Morgan fingerprint density at radius 3 is 0.857 bits per heavy atom. The molecule has 0 saturated heterocycles. The Balaban J connectivity index is 6.43. The molecule has 0 aliphatic heterocycles. The molecule has 0 rings (SSSR count). The van der Waals surface area contributed by atoms with Crippen molar-refractivity contribution in [1.82, 2.24) is 0 Å². The van der Waals surface area contributed by atoms with Gasteiger partial charge in [0.25, 0.3) is 0 Å². The third kappa shape index (κ3) is 3.33. The van der Waals surface area contributed by atoms with Gasteiger partial charge in [0.1, 0.15) is 0 Å². The lowest BCUT2D eigenvalue weighted by molar-refractivity contribution is -0.379. The predicted molar refractivity (Wildman–Crippen MR) is 40.9 cm³/mol. The van der Waals surface area contributed by atoms with E-state index < -0.39 is 43.2 Å². The molecular formula is C4F10O5S2. The van der Waals surface area contributed by atoms with Crippen LogP contribution in [0.2, 0.25) is 0 Å². The van der Waals surface area contributed by atoms with Crippen molar-refractivity contribution in [3.05, 3.63) is 0 Å². The Bertz CT molecular complexity index is 548. The molecule has 0 fully saturated rings. The highest BCUT2D eigenvalue weighted by atomic mass is 32.3. The maximum absolute atomic E-state index is 12.9. The molecule has 0 amide bonds. The average molecular weight is 382 g/mol. The Labute approximate surface area is 108 Å². The minimum absolute atomic E-state index is 1.57. The fourth-order valence-corrected chi connectivity index (χ4v) is 1.69. The van der Waals surface area contributed by atoms with Crippen LogP contribution in [-0.4, -0.2) is 39.6 Å². The van der Waals surface area contributed by atoms with Gasteiger partial charge in [-0.15, -0.1) is 0 Å². The van der Waals surface area contributed by atoms with Crippen LogP contribution in [0.4, 0.5) is 42.9 Å². The summed E-state index contributed by atoms with van der Waals surface area (Å²) in [5.74, 6) is 0. The van der Waals surface area contributed by atoms with Gasteiger partial charge in [-0.25, -0.2) is 0 Å². The van der Waals surface area contributed by atoms with E-state index in [0.29, 0.717) is 0 Å². The molecule has 0 unspecified atom stereocenters. The second-order valence-electron chi connectivity index (χ2n) is 3.05. The molecule has 0 N–H and O–H groups in total. The van der Waals surface area contributed by atoms with Gasteiger partial charge in [0.15, 0.2) is 0 Å². The SMILES string of the molecule is O=S(=O)(F)[C@@](F)(O[C@](F)(C(F)(F)F)S(=O)(=O)F)C(F)(F)F. The summed E-state index contributed by atoms with van der Waals surface area (Å²) in [6, 6.07) is 0. The van der Waals surface area contributed by atoms with Crippen molar-refractivity contribution in [2.24, 2.45) is 0 Å². The first kappa shape index (κ1) is 20.2. The molecule has 128 valence electrons. The smallest absolute Gasteiger partial charge is 0.265 e. The first-order valence-electron chi connectivity index (χ1n) is 3.80. The first-order valence-corrected chi connectivity index (χ1v) is 6.57. The lowest BCUT2D eigenvalue weighted by Crippen LogP contribution is -2.59. The number of hydrogen-bond acceptors (Lipinski definition) is 5. The molecule has 0 radical (unpaired) electrons. The maximum atomic E-state index is 12.9. The number of halogens is 10. The van der Waals surface area contributed by atoms with Gasteiger partial charge < -0.3 is 0 Å². The van der Waals surface area contributed by atoms with Gasteiger partial charge in [-0.3, -0.25) is 4.74 Å². The van der Waals surface area contributed by atoms with Crippen molar-refractivity contribution in [3.8, 4) is 0 Å². The predicted octanol–water partition coefficient (Wildman–Crippen LogP) is 1.97. The zero-order valence-electron chi connectivity index (χ0n) is 8.64. The Morgan fingerprint density at radius 2 is 0.762 bits per heavy atom. The van der Waals surface area contributed by atoms with Gasteiger partial charge in [0.2, 0.25) is 0 Å². The molecule has 0 aromatic heterocycles. The van der Waals surface area contributed by atoms with Gasteiger partial charge in [-0.1, -0.05) is 7.77 Å². The summed E-state index contributed by atoms with van der Waals surface area (Å²) in [6.45, 7) is 0. The molecular weight excluding hydrogens is 382 g/mol. The Kier molecular flexibility index (Phi) is 4.64. The molecule has 0 saturated carbocycles. The van der Waals surface area contributed by atoms with Crippen LogP contribution in [0, 0.1) is 0 Å². The highest BCUT2D eigenvalue weighted by Gasteiger charge is 2.79. The number of alkyl halides is 8. The average Bonchev–Trinajstić information content (AvgIpc) is 2.09. The maximum Gasteiger partial charge on any atom is 0.467 e. The molecule has 2 atom stereocenters. The highest BCUT2D eigenvalue weighted by Crippen LogP contribution is 2.50. The molecule has 5 nitrogen and oxygen atoms in total. The fraction of sp³-hybridized carbons (Fsp3) is 1.00. The van der Waals surface area contributed by atoms with Gasteiger partial charge in [0, 0.05) is 0 Å². The van der Waals surface area contributed by atoms with E-state index in [1.54, 1.807) is 4.74 Å². The Morgan fingerprint density at radius 1 is 0.571 bits per heavy atom. The lowest BCUT2D eigenvalue weighted by Gasteiger charge is -2.31. The summed E-state index contributed by atoms with van der Waals surface area (Å²) in [7, 11) is -15.7. The quantitative estimate of drug-likeness (QED) is 0.549. The van der Waals surface area contributed by atoms with Crippen molar-refractivity contribution >= 4 is 20.4 Å². The minimum atomic E-state index is -7.86. The van der Waals surface area contributed by atoms with E-state index in [-0.39, 0.29) is 0 Å². The van der Waals surface area contributed by atoms with E-state index in [2.05, 4.69) is 0 Å². The van der Waals surface area contributed by atoms with E-state index in [1.165, 1.54) is 0 Å². The van der Waals surface area contributed by atoms with Crippen LogP contribution >= 0.6 is 0 Å². The highest BCUT2D eigenvalue weighted by molar-refractivity contribution is 7.88. The zero-order chi connectivity index (χ0) is 17.7. The summed E-state index contributed by atoms with van der Waals surface area (Å²) in [5.41, 5.74) is 0. The summed E-state index contributed by atoms with van der Waals surface area (Å²) < 4.78 is 163. The molecule has 0 bridgehead atoms. The van der Waals surface area contributed by atoms with Crippen LogP contribution in [0.15, 0.2) is 0 Å². The largest absolute Gasteiger partial charge is 0.467 e. The van der Waals surface area contributed by atoms with Gasteiger partial charge in [-0.05, 0) is 0 Å². The molecule has 21 heavy (non-hydrogen) atoms. The molecule has 17 heteroatoms. The number of hydrogen-bond donors (Lipinski definition) is 0. The van der Waals surface area contributed by atoms with E-state index in [9.17, 15) is 59.7 Å². The van der Waals surface area contributed by atoms with Crippen LogP contribution in [0.5, 0.6) is 0 Å². The van der Waals surface area contributed by atoms with Gasteiger partial charge in [-0.2, -0.15) is 52.0 Å². The molecule has 0 spiro atoms. The first-order chi connectivity index (χ1) is 8.71. The van der Waals surface area contributed by atoms with E-state index in [0.717, 1.165) is 0 Å². The van der Waals surface area contributed by atoms with Crippen LogP contribution in [0.1, 0.15) is 0 Å². The lowest BCUT2D eigenvalue weighted by atomic mass is 10.6. The monoisotopic (exact) mass is 382 g/mol. The molecule has 0 aliphatic carbocycles. The normalized spacial score (nSPS) is 20.7. The summed E-state index contributed by atoms with van der Waals surface area (Å²) in [6.07, 6.45) is -14.5. The standard InChI is InChI=1S/C4F10O5S2/c5-1(6,7)3(11,20(13,15)16)19-4(12,2(8,9)10)21(14,17)18/t3-,4+. The van der Waals surface area contributed by atoms with Crippen molar-refractivity contribution in [2.45, 2.75) is 22.7 Å². The van der Waals surface area contributed by atoms with Crippen molar-refractivity contribution in [3.63, 3.8) is 0 Å². The number of ether oxygens (including phenoxy) is 1. The summed E-state index contributed by atoms with van der Waals surface area (Å²) in [4.78, 5) is 0. The molecule has 0 aromatic rings. The second-order valence-corrected chi connectivity index (χ2v) is 5.85. The van der Waals surface area contributed by atoms with Crippen molar-refractivity contribution < 1.29 is 64.5 Å². The zero-order valence-corrected chi connectivity index (χ0v) is 10.3. The van der Waals surface area contributed by atoms with Crippen molar-refractivity contribution in [2.75, 3.05) is 0 Å². The van der Waals surface area contributed by atoms with Crippen LogP contribution < -0.4 is 0 Å². The van der Waals surface area contributed by atoms with Crippen LogP contribution in [-0.2, 0) is 25.2 Å². The van der Waals surface area contributed by atoms with E-state index >= 15 is 0 Å². The second kappa shape index (κ2) is 4.83. The third-order valence-electron chi connectivity index (χ3n) is 1.57. The van der Waals surface area contributed by atoms with Crippen LogP contribution in [0.25, 0.3) is 0 Å². The summed E-state index contributed by atoms with van der Waals surface area (Å²) >= 11 is 0. The topological polar surface area (TPSA) is 77.5 Å². The third-order valence-corrected chi connectivity index (χ3v) is 3.45. The molecule has 0 aliphatic rings. The fourth-order valence-electron chi connectivity index (χ4n) is 0.661. The molecule has 0 heterocycles. The summed E-state index contributed by atoms with van der Waals surface area (Å²) in [5, 5.41) is -14.3. The van der Waals surface area contributed by atoms with E-state index in [1.807, 2.05) is 0 Å². The number of rotatable bonds is 4. The Hall–Kier alpha value is -0.840. The minimum Gasteiger partial charge on any atom is -0.265 e.